The van der Waals surface area contributed by atoms with Crippen molar-refractivity contribution in [1.82, 2.24) is 4.90 Å². The number of halogens is 2. The minimum absolute atomic E-state index is 0.178. The van der Waals surface area contributed by atoms with Crippen LogP contribution in [0.2, 0.25) is 5.02 Å². The zero-order chi connectivity index (χ0) is 14.9. The molecule has 2 fully saturated rings. The number of likely N-dealkylation sites (tertiary alicyclic amines) is 1. The molecule has 3 rings (SSSR count). The Morgan fingerprint density at radius 2 is 1.86 bits per heavy atom. The van der Waals surface area contributed by atoms with Crippen molar-refractivity contribution >= 4 is 27.5 Å². The average molecular weight is 372 g/mol. The maximum atomic E-state index is 6.72. The first-order valence-electron chi connectivity index (χ1n) is 8.06. The van der Waals surface area contributed by atoms with Crippen LogP contribution in [0.3, 0.4) is 0 Å². The normalized spacial score (nSPS) is 23.6. The fraction of sp³-hybridized carbons (Fsp3) is 0.647. The average Bonchev–Trinajstić information content (AvgIpc) is 3.11. The fourth-order valence-electron chi connectivity index (χ4n) is 4.19. The molecule has 21 heavy (non-hydrogen) atoms. The second-order valence-corrected chi connectivity index (χ2v) is 7.87. The van der Waals surface area contributed by atoms with E-state index < -0.39 is 0 Å². The van der Waals surface area contributed by atoms with E-state index in [4.69, 9.17) is 17.3 Å². The van der Waals surface area contributed by atoms with Crippen LogP contribution in [-0.4, -0.2) is 29.6 Å². The summed E-state index contributed by atoms with van der Waals surface area (Å²) in [5, 5.41) is 0.828. The molecule has 1 aromatic rings. The molecule has 0 aromatic heterocycles. The molecule has 2 aliphatic rings. The molecule has 1 aliphatic heterocycles. The van der Waals surface area contributed by atoms with E-state index in [0.717, 1.165) is 15.9 Å². The van der Waals surface area contributed by atoms with Crippen LogP contribution in [0.1, 0.15) is 44.1 Å². The predicted molar refractivity (Wildman–Crippen MR) is 92.8 cm³/mol. The highest BCUT2D eigenvalue weighted by atomic mass is 79.9. The van der Waals surface area contributed by atoms with Crippen molar-refractivity contribution in [2.75, 3.05) is 13.1 Å². The summed E-state index contributed by atoms with van der Waals surface area (Å²) in [5.74, 6) is 0. The van der Waals surface area contributed by atoms with Crippen LogP contribution in [0, 0.1) is 0 Å². The van der Waals surface area contributed by atoms with Crippen molar-refractivity contribution < 1.29 is 0 Å². The van der Waals surface area contributed by atoms with Crippen molar-refractivity contribution in [3.8, 4) is 0 Å². The zero-order valence-electron chi connectivity index (χ0n) is 12.5. The second-order valence-electron chi connectivity index (χ2n) is 6.55. The standard InChI is InChI=1S/C17H24BrClN2/c18-14-6-5-13(15(19)12-14)11-16(20)17(7-1-2-8-17)21-9-3-4-10-21/h5-6,12,16H,1-4,7-11,20H2. The summed E-state index contributed by atoms with van der Waals surface area (Å²) in [6.07, 6.45) is 8.67. The molecular weight excluding hydrogens is 348 g/mol. The molecule has 0 bridgehead atoms. The third kappa shape index (κ3) is 3.17. The van der Waals surface area contributed by atoms with Gasteiger partial charge in [0.15, 0.2) is 0 Å². The van der Waals surface area contributed by atoms with Crippen molar-refractivity contribution in [2.45, 2.75) is 56.5 Å². The molecule has 1 heterocycles. The van der Waals surface area contributed by atoms with E-state index in [-0.39, 0.29) is 11.6 Å². The van der Waals surface area contributed by atoms with E-state index in [2.05, 4.69) is 33.0 Å². The molecule has 0 spiro atoms. The quantitative estimate of drug-likeness (QED) is 0.851. The van der Waals surface area contributed by atoms with Gasteiger partial charge in [0.2, 0.25) is 0 Å². The first-order valence-corrected chi connectivity index (χ1v) is 9.23. The number of nitrogens with zero attached hydrogens (tertiary/aromatic N) is 1. The largest absolute Gasteiger partial charge is 0.326 e. The molecule has 1 aliphatic carbocycles. The van der Waals surface area contributed by atoms with Gasteiger partial charge in [0.05, 0.1) is 0 Å². The summed E-state index contributed by atoms with van der Waals surface area (Å²) in [7, 11) is 0. The van der Waals surface area contributed by atoms with Crippen molar-refractivity contribution in [3.63, 3.8) is 0 Å². The van der Waals surface area contributed by atoms with Crippen LogP contribution in [-0.2, 0) is 6.42 Å². The minimum Gasteiger partial charge on any atom is -0.326 e. The maximum Gasteiger partial charge on any atom is 0.0449 e. The van der Waals surface area contributed by atoms with Gasteiger partial charge in [-0.25, -0.2) is 0 Å². The van der Waals surface area contributed by atoms with Crippen LogP contribution in [0.15, 0.2) is 22.7 Å². The molecular formula is C17H24BrClN2. The van der Waals surface area contributed by atoms with Crippen molar-refractivity contribution in [1.29, 1.82) is 0 Å². The maximum absolute atomic E-state index is 6.72. The summed E-state index contributed by atoms with van der Waals surface area (Å²) < 4.78 is 1.03. The van der Waals surface area contributed by atoms with Crippen molar-refractivity contribution in [2.24, 2.45) is 5.73 Å². The van der Waals surface area contributed by atoms with Crippen molar-refractivity contribution in [3.05, 3.63) is 33.3 Å². The fourth-order valence-corrected chi connectivity index (χ4v) is 4.94. The molecule has 1 atom stereocenters. The highest BCUT2D eigenvalue weighted by molar-refractivity contribution is 9.10. The second kappa shape index (κ2) is 6.57. The van der Waals surface area contributed by atoms with Gasteiger partial charge in [-0.05, 0) is 62.9 Å². The zero-order valence-corrected chi connectivity index (χ0v) is 14.8. The van der Waals surface area contributed by atoms with E-state index >= 15 is 0 Å². The first kappa shape index (κ1) is 15.8. The summed E-state index contributed by atoms with van der Waals surface area (Å²) in [6, 6.07) is 6.32. The van der Waals surface area contributed by atoms with Gasteiger partial charge in [0.25, 0.3) is 0 Å². The van der Waals surface area contributed by atoms with Gasteiger partial charge in [0, 0.05) is 21.1 Å². The van der Waals surface area contributed by atoms with Gasteiger partial charge < -0.3 is 5.73 Å². The predicted octanol–water partition coefficient (Wildman–Crippen LogP) is 4.38. The van der Waals surface area contributed by atoms with Crippen LogP contribution >= 0.6 is 27.5 Å². The Morgan fingerprint density at radius 1 is 1.19 bits per heavy atom. The molecule has 116 valence electrons. The van der Waals surface area contributed by atoms with Crippen LogP contribution in [0.4, 0.5) is 0 Å². The number of hydrogen-bond donors (Lipinski definition) is 1. The van der Waals surface area contributed by atoms with Crippen LogP contribution in [0.25, 0.3) is 0 Å². The van der Waals surface area contributed by atoms with E-state index in [1.807, 2.05) is 6.07 Å². The third-order valence-electron chi connectivity index (χ3n) is 5.35. The SMILES string of the molecule is NC(Cc1ccc(Br)cc1Cl)C1(N2CCCC2)CCCC1. The Morgan fingerprint density at radius 3 is 2.48 bits per heavy atom. The molecule has 2 N–H and O–H groups in total. The Bertz CT molecular complexity index is 494. The lowest BCUT2D eigenvalue weighted by atomic mass is 9.83. The summed E-state index contributed by atoms with van der Waals surface area (Å²) in [6.45, 7) is 2.45. The first-order chi connectivity index (χ1) is 10.1. The molecule has 4 heteroatoms. The van der Waals surface area contributed by atoms with Gasteiger partial charge in [-0.3, -0.25) is 4.90 Å². The number of benzene rings is 1. The molecule has 1 unspecified atom stereocenters. The molecule has 1 saturated carbocycles. The summed E-state index contributed by atoms with van der Waals surface area (Å²) in [5.41, 5.74) is 8.11. The lowest BCUT2D eigenvalue weighted by molar-refractivity contribution is 0.0921. The topological polar surface area (TPSA) is 29.3 Å². The van der Waals surface area contributed by atoms with Gasteiger partial charge in [-0.15, -0.1) is 0 Å². The Hall–Kier alpha value is -0.0900. The minimum atomic E-state index is 0.178. The number of nitrogens with two attached hydrogens (primary N) is 1. The number of rotatable bonds is 4. The third-order valence-corrected chi connectivity index (χ3v) is 6.20. The monoisotopic (exact) mass is 370 g/mol. The van der Waals surface area contributed by atoms with E-state index in [1.165, 1.54) is 57.2 Å². The smallest absolute Gasteiger partial charge is 0.0449 e. The van der Waals surface area contributed by atoms with Crippen LogP contribution in [0.5, 0.6) is 0 Å². The van der Waals surface area contributed by atoms with E-state index in [9.17, 15) is 0 Å². The van der Waals surface area contributed by atoms with Gasteiger partial charge in [0.1, 0.15) is 0 Å². The number of hydrogen-bond acceptors (Lipinski definition) is 2. The van der Waals surface area contributed by atoms with E-state index in [0.29, 0.717) is 0 Å². The lowest BCUT2D eigenvalue weighted by Crippen LogP contribution is -2.58. The van der Waals surface area contributed by atoms with Gasteiger partial charge in [-0.2, -0.15) is 0 Å². The Balaban J connectivity index is 1.79. The molecule has 2 nitrogen and oxygen atoms in total. The Labute approximate surface area is 141 Å². The summed E-state index contributed by atoms with van der Waals surface area (Å²) >= 11 is 9.86. The Kier molecular flexibility index (Phi) is 4.94. The van der Waals surface area contributed by atoms with Gasteiger partial charge >= 0.3 is 0 Å². The van der Waals surface area contributed by atoms with Crippen LogP contribution < -0.4 is 5.73 Å². The molecule has 1 saturated heterocycles. The highest BCUT2D eigenvalue weighted by Crippen LogP contribution is 2.40. The van der Waals surface area contributed by atoms with E-state index in [1.54, 1.807) is 0 Å². The highest BCUT2D eigenvalue weighted by Gasteiger charge is 2.45. The lowest BCUT2D eigenvalue weighted by Gasteiger charge is -2.43. The summed E-state index contributed by atoms with van der Waals surface area (Å²) in [4.78, 5) is 2.68. The molecule has 0 amide bonds. The molecule has 1 aromatic carbocycles. The molecule has 0 radical (unpaired) electrons. The van der Waals surface area contributed by atoms with Gasteiger partial charge in [-0.1, -0.05) is 46.4 Å².